The minimum Gasteiger partial charge on any atom is -0.378 e. The summed E-state index contributed by atoms with van der Waals surface area (Å²) >= 11 is 0. The number of para-hydroxylation sites is 1. The number of H-pyrrole nitrogens is 1. The number of anilines is 3. The molecule has 5 rings (SSSR count). The number of ether oxygens (including phenoxy) is 1. The molecule has 4 heterocycles. The molecule has 0 spiro atoms. The average molecular weight is 487 g/mol. The summed E-state index contributed by atoms with van der Waals surface area (Å²) in [6.45, 7) is 9.11. The second kappa shape index (κ2) is 10.2. The molecule has 4 N–H and O–H groups in total. The molecule has 3 aromatic heterocycles. The first kappa shape index (κ1) is 23.6. The van der Waals surface area contributed by atoms with Crippen molar-refractivity contribution in [2.24, 2.45) is 0 Å². The van der Waals surface area contributed by atoms with Crippen LogP contribution in [-0.4, -0.2) is 61.9 Å². The predicted octanol–water partition coefficient (Wildman–Crippen LogP) is 3.31. The van der Waals surface area contributed by atoms with Crippen molar-refractivity contribution >= 4 is 40.6 Å². The normalized spacial score (nSPS) is 15.0. The van der Waals surface area contributed by atoms with Crippen molar-refractivity contribution in [3.05, 3.63) is 52.5 Å². The number of rotatable bonds is 7. The van der Waals surface area contributed by atoms with Crippen molar-refractivity contribution in [3.63, 3.8) is 0 Å². The number of hydrogen-bond acceptors (Lipinski definition) is 10. The minimum absolute atomic E-state index is 0.0636. The summed E-state index contributed by atoms with van der Waals surface area (Å²) in [6.07, 6.45) is 4.45. The van der Waals surface area contributed by atoms with E-state index in [0.29, 0.717) is 24.9 Å². The Balaban J connectivity index is 1.58. The molecule has 36 heavy (non-hydrogen) atoms. The third-order valence-electron chi connectivity index (χ3n) is 6.38. The molecule has 1 unspecified atom stereocenters. The Labute approximate surface area is 209 Å². The number of tetrazole rings is 1. The zero-order valence-electron chi connectivity index (χ0n) is 20.7. The highest BCUT2D eigenvalue weighted by Gasteiger charge is 2.24. The lowest BCUT2D eigenvalue weighted by molar-refractivity contribution is 0.122. The van der Waals surface area contributed by atoms with Crippen LogP contribution in [0.3, 0.4) is 0 Å². The lowest BCUT2D eigenvalue weighted by atomic mass is 10.00. The molecular weight excluding hydrogens is 456 g/mol. The maximum absolute atomic E-state index is 6.05. The molecule has 0 bridgehead atoms. The fourth-order valence-corrected chi connectivity index (χ4v) is 4.51. The van der Waals surface area contributed by atoms with Crippen LogP contribution in [0.15, 0.2) is 24.3 Å². The largest absolute Gasteiger partial charge is 0.378 e. The summed E-state index contributed by atoms with van der Waals surface area (Å²) in [5.41, 5.74) is 10.9. The zero-order chi connectivity index (χ0) is 25.1. The summed E-state index contributed by atoms with van der Waals surface area (Å²) in [7, 11) is 0. The van der Waals surface area contributed by atoms with Gasteiger partial charge in [-0.15, -0.1) is 10.2 Å². The van der Waals surface area contributed by atoms with Crippen molar-refractivity contribution in [1.82, 2.24) is 35.6 Å². The van der Waals surface area contributed by atoms with Gasteiger partial charge in [0.15, 0.2) is 5.82 Å². The fourth-order valence-electron chi connectivity index (χ4n) is 4.51. The van der Waals surface area contributed by atoms with Gasteiger partial charge in [0, 0.05) is 29.6 Å². The van der Waals surface area contributed by atoms with Gasteiger partial charge in [-0.05, 0) is 49.3 Å². The van der Waals surface area contributed by atoms with Crippen LogP contribution in [-0.2, 0) is 4.74 Å². The van der Waals surface area contributed by atoms with Gasteiger partial charge in [0.2, 0.25) is 5.95 Å². The molecule has 0 aliphatic carbocycles. The molecule has 11 nitrogen and oxygen atoms in total. The fraction of sp³-hybridized carbons (Fsp3) is 0.360. The third-order valence-corrected chi connectivity index (χ3v) is 6.38. The van der Waals surface area contributed by atoms with Gasteiger partial charge in [0.05, 0.1) is 30.5 Å². The molecule has 0 amide bonds. The average Bonchev–Trinajstić information content (AvgIpc) is 3.40. The lowest BCUT2D eigenvalue weighted by Crippen LogP contribution is -2.38. The number of aryl methyl sites for hydroxylation is 2. The minimum atomic E-state index is -0.0636. The second-order valence-corrected chi connectivity index (χ2v) is 8.79. The predicted molar refractivity (Wildman–Crippen MR) is 140 cm³/mol. The number of morpholine rings is 1. The van der Waals surface area contributed by atoms with E-state index in [1.165, 1.54) is 0 Å². The second-order valence-electron chi connectivity index (χ2n) is 8.79. The highest BCUT2D eigenvalue weighted by molar-refractivity contribution is 5.85. The third kappa shape index (κ3) is 4.82. The molecule has 1 aliphatic heterocycles. The topological polar surface area (TPSA) is 144 Å². The van der Waals surface area contributed by atoms with Crippen molar-refractivity contribution in [2.75, 3.05) is 42.3 Å². The molecular formula is C25H30N10O. The van der Waals surface area contributed by atoms with Crippen LogP contribution in [0.5, 0.6) is 0 Å². The van der Waals surface area contributed by atoms with Crippen LogP contribution >= 0.6 is 0 Å². The lowest BCUT2D eigenvalue weighted by Gasteiger charge is -2.32. The molecule has 186 valence electrons. The van der Waals surface area contributed by atoms with E-state index in [2.05, 4.69) is 78.9 Å². The van der Waals surface area contributed by atoms with E-state index in [0.717, 1.165) is 58.6 Å². The van der Waals surface area contributed by atoms with Gasteiger partial charge >= 0.3 is 0 Å². The Kier molecular flexibility index (Phi) is 6.72. The van der Waals surface area contributed by atoms with E-state index in [-0.39, 0.29) is 12.0 Å². The Morgan fingerprint density at radius 1 is 1.17 bits per heavy atom. The van der Waals surface area contributed by atoms with Gasteiger partial charge in [-0.1, -0.05) is 25.1 Å². The number of hydrogen-bond donors (Lipinski definition) is 3. The Bertz CT molecular complexity index is 1380. The van der Waals surface area contributed by atoms with E-state index in [1.807, 2.05) is 13.0 Å². The summed E-state index contributed by atoms with van der Waals surface area (Å²) in [5, 5.41) is 18.8. The molecule has 0 saturated carbocycles. The number of pyridine rings is 1. The van der Waals surface area contributed by atoms with E-state index in [1.54, 1.807) is 6.08 Å². The van der Waals surface area contributed by atoms with E-state index in [4.69, 9.17) is 15.5 Å². The number of fused-ring (bicyclic) bond motifs is 1. The number of nitrogens with zero attached hydrogens (tertiary/aromatic N) is 7. The molecule has 1 aliphatic rings. The van der Waals surface area contributed by atoms with Gasteiger partial charge < -0.3 is 20.7 Å². The zero-order valence-corrected chi connectivity index (χ0v) is 20.7. The maximum atomic E-state index is 6.05. The smallest absolute Gasteiger partial charge is 0.222 e. The Morgan fingerprint density at radius 2 is 2.00 bits per heavy atom. The van der Waals surface area contributed by atoms with Crippen LogP contribution in [0.25, 0.3) is 23.1 Å². The Morgan fingerprint density at radius 3 is 2.75 bits per heavy atom. The first-order valence-electron chi connectivity index (χ1n) is 12.1. The van der Waals surface area contributed by atoms with Gasteiger partial charge in [0.25, 0.3) is 0 Å². The van der Waals surface area contributed by atoms with Crippen LogP contribution in [0.1, 0.15) is 47.6 Å². The van der Waals surface area contributed by atoms with E-state index in [9.17, 15) is 0 Å². The van der Waals surface area contributed by atoms with Crippen molar-refractivity contribution < 1.29 is 4.74 Å². The van der Waals surface area contributed by atoms with Gasteiger partial charge in [-0.3, -0.25) is 0 Å². The van der Waals surface area contributed by atoms with Crippen LogP contribution in [0.4, 0.5) is 17.6 Å². The summed E-state index contributed by atoms with van der Waals surface area (Å²) < 4.78 is 5.61. The Hall–Kier alpha value is -4.12. The van der Waals surface area contributed by atoms with Gasteiger partial charge in [-0.25, -0.2) is 9.97 Å². The van der Waals surface area contributed by atoms with Crippen molar-refractivity contribution in [3.8, 4) is 0 Å². The summed E-state index contributed by atoms with van der Waals surface area (Å²) in [6, 6.07) is 8.46. The van der Waals surface area contributed by atoms with Crippen LogP contribution < -0.4 is 16.0 Å². The maximum Gasteiger partial charge on any atom is 0.222 e. The summed E-state index contributed by atoms with van der Waals surface area (Å²) in [5.74, 6) is 2.29. The number of benzene rings is 1. The monoisotopic (exact) mass is 486 g/mol. The van der Waals surface area contributed by atoms with Gasteiger partial charge in [-0.2, -0.15) is 10.2 Å². The van der Waals surface area contributed by atoms with E-state index < -0.39 is 0 Å². The molecule has 1 aromatic carbocycles. The molecule has 0 radical (unpaired) electrons. The highest BCUT2D eigenvalue weighted by Crippen LogP contribution is 2.34. The SMILES string of the molecule is CCC(Nc1nc(N)nc(C)c1C=Cc1nn[nH]n1)c1cc2cccc(C)c2nc1N1CCOCC1. The standard InChI is InChI=1S/C25H30N10O/c1-4-20(28-23-18(16(3)27-25(26)30-23)8-9-21-31-33-34-32-21)19-14-17-7-5-6-15(2)22(17)29-24(19)35-10-12-36-13-11-35/h5-9,14,20H,4,10-13H2,1-3H3,(H3,26,27,28,30)(H,31,32,33,34). The molecule has 1 fully saturated rings. The number of aromatic nitrogens is 7. The molecule has 1 saturated heterocycles. The number of aromatic amines is 1. The molecule has 4 aromatic rings. The van der Waals surface area contributed by atoms with Crippen molar-refractivity contribution in [2.45, 2.75) is 33.2 Å². The first-order valence-corrected chi connectivity index (χ1v) is 12.1. The van der Waals surface area contributed by atoms with Crippen LogP contribution in [0.2, 0.25) is 0 Å². The first-order chi connectivity index (χ1) is 17.5. The van der Waals surface area contributed by atoms with Crippen molar-refractivity contribution in [1.29, 1.82) is 0 Å². The highest BCUT2D eigenvalue weighted by atomic mass is 16.5. The molecule has 1 atom stereocenters. The number of nitrogen functional groups attached to an aromatic ring is 1. The molecule has 11 heteroatoms. The number of nitrogens with two attached hydrogens (primary N) is 1. The summed E-state index contributed by atoms with van der Waals surface area (Å²) in [4.78, 5) is 16.4. The van der Waals surface area contributed by atoms with E-state index >= 15 is 0 Å². The van der Waals surface area contributed by atoms with Crippen LogP contribution in [0, 0.1) is 13.8 Å². The number of nitrogens with one attached hydrogen (secondary N) is 2. The quantitative estimate of drug-likeness (QED) is 0.356. The van der Waals surface area contributed by atoms with Gasteiger partial charge in [0.1, 0.15) is 11.6 Å².